The topological polar surface area (TPSA) is 252 Å². The minimum absolute atomic E-state index is 0.0126. The van der Waals surface area contributed by atoms with E-state index in [0.29, 0.717) is 0 Å². The van der Waals surface area contributed by atoms with E-state index in [1.54, 1.807) is 0 Å². The van der Waals surface area contributed by atoms with Crippen LogP contribution >= 0.6 is 0 Å². The second kappa shape index (κ2) is 17.1. The summed E-state index contributed by atoms with van der Waals surface area (Å²) in [5, 5.41) is 23.6. The summed E-state index contributed by atoms with van der Waals surface area (Å²) >= 11 is 0. The smallest absolute Gasteiger partial charge is 0.338 e. The van der Waals surface area contributed by atoms with Gasteiger partial charge in [-0.1, -0.05) is 0 Å². The summed E-state index contributed by atoms with van der Waals surface area (Å²) in [5.41, 5.74) is -2.45. The maximum absolute atomic E-state index is 13.3. The predicted octanol–water partition coefficient (Wildman–Crippen LogP) is 0.00810. The fourth-order valence-corrected chi connectivity index (χ4v) is 6.28. The van der Waals surface area contributed by atoms with Crippen molar-refractivity contribution < 1.29 is 91.1 Å². The summed E-state index contributed by atoms with van der Waals surface area (Å²) in [5.74, 6) is -8.15. The second-order valence-corrected chi connectivity index (χ2v) is 12.3. The third-order valence-corrected chi connectivity index (χ3v) is 8.32. The first-order valence-electron chi connectivity index (χ1n) is 16.2. The van der Waals surface area contributed by atoms with Crippen LogP contribution in [0.4, 0.5) is 0 Å². The van der Waals surface area contributed by atoms with Gasteiger partial charge >= 0.3 is 41.8 Å². The van der Waals surface area contributed by atoms with Crippen molar-refractivity contribution in [1.29, 1.82) is 0 Å². The molecule has 1 aromatic carbocycles. The maximum Gasteiger partial charge on any atom is 0.338 e. The van der Waals surface area contributed by atoms with E-state index in [-0.39, 0.29) is 11.3 Å². The molecule has 53 heavy (non-hydrogen) atoms. The van der Waals surface area contributed by atoms with Crippen LogP contribution in [0.15, 0.2) is 36.6 Å². The molecule has 0 amide bonds. The van der Waals surface area contributed by atoms with Gasteiger partial charge in [-0.15, -0.1) is 0 Å². The summed E-state index contributed by atoms with van der Waals surface area (Å²) in [6, 6.07) is 5.30. The van der Waals surface area contributed by atoms with Crippen molar-refractivity contribution in [1.82, 2.24) is 0 Å². The predicted molar refractivity (Wildman–Crippen MR) is 169 cm³/mol. The Hall–Kier alpha value is -5.11. The van der Waals surface area contributed by atoms with E-state index in [0.717, 1.165) is 40.9 Å². The number of benzene rings is 1. The SMILES string of the molecule is CC(=O)OC[C@H]1O[C@@H](O[C@@H]2OC=C[C@H]3[C@H](OC(=O)c4ccc(OC(C)=O)cc4)[C@@H](O)[C@@](O)(COC(C)=O)[C@@H]23)[C@H](OC(C)=O)[C@@H](OC(C)=O)[C@@H]1OC(C)=O. The highest BCUT2D eigenvalue weighted by Gasteiger charge is 2.66. The average Bonchev–Trinajstić information content (AvgIpc) is 3.27. The third-order valence-electron chi connectivity index (χ3n) is 8.32. The van der Waals surface area contributed by atoms with Crippen LogP contribution in [0.1, 0.15) is 51.9 Å². The quantitative estimate of drug-likeness (QED) is 0.162. The first-order chi connectivity index (χ1) is 24.9. The number of fused-ring (bicyclic) bond motifs is 1. The average molecular weight is 753 g/mol. The molecule has 2 N–H and O–H groups in total. The summed E-state index contributed by atoms with van der Waals surface area (Å²) in [6.45, 7) is 5.06. The number of rotatable bonds is 12. The maximum atomic E-state index is 13.3. The van der Waals surface area contributed by atoms with Gasteiger partial charge in [0.2, 0.25) is 12.6 Å². The van der Waals surface area contributed by atoms with Gasteiger partial charge in [0.05, 0.1) is 17.7 Å². The Morgan fingerprint density at radius 2 is 1.28 bits per heavy atom. The van der Waals surface area contributed by atoms with Gasteiger partial charge in [-0.25, -0.2) is 4.79 Å². The summed E-state index contributed by atoms with van der Waals surface area (Å²) in [6.07, 6.45) is -10.6. The molecule has 0 bridgehead atoms. The lowest BCUT2D eigenvalue weighted by Crippen LogP contribution is -2.64. The highest BCUT2D eigenvalue weighted by molar-refractivity contribution is 5.89. The zero-order valence-electron chi connectivity index (χ0n) is 29.5. The molecule has 0 aromatic heterocycles. The molecule has 1 saturated carbocycles. The molecule has 19 nitrogen and oxygen atoms in total. The molecule has 0 radical (unpaired) electrons. The number of esters is 7. The highest BCUT2D eigenvalue weighted by atomic mass is 16.8. The number of carbonyl (C=O) groups is 7. The molecule has 0 spiro atoms. The van der Waals surface area contributed by atoms with Crippen LogP contribution in [0.2, 0.25) is 0 Å². The van der Waals surface area contributed by atoms with Gasteiger partial charge in [0, 0.05) is 47.5 Å². The molecule has 290 valence electrons. The molecule has 11 atom stereocenters. The van der Waals surface area contributed by atoms with Crippen LogP contribution in [-0.4, -0.2) is 120 Å². The number of ether oxygens (including phenoxy) is 10. The Kier molecular flexibility index (Phi) is 13.2. The van der Waals surface area contributed by atoms with Crippen molar-refractivity contribution in [2.24, 2.45) is 11.8 Å². The van der Waals surface area contributed by atoms with E-state index in [4.69, 9.17) is 47.4 Å². The molecule has 1 aliphatic carbocycles. The lowest BCUT2D eigenvalue weighted by Gasteiger charge is -2.46. The Morgan fingerprint density at radius 1 is 0.698 bits per heavy atom. The number of carbonyl (C=O) groups excluding carboxylic acids is 7. The summed E-state index contributed by atoms with van der Waals surface area (Å²) < 4.78 is 55.0. The molecule has 19 heteroatoms. The minimum Gasteiger partial charge on any atom is -0.472 e. The largest absolute Gasteiger partial charge is 0.472 e. The third kappa shape index (κ3) is 9.86. The van der Waals surface area contributed by atoms with E-state index in [9.17, 15) is 43.8 Å². The molecule has 2 heterocycles. The fourth-order valence-electron chi connectivity index (χ4n) is 6.28. The van der Waals surface area contributed by atoms with Crippen molar-refractivity contribution in [2.75, 3.05) is 13.2 Å². The number of aliphatic hydroxyl groups is 2. The van der Waals surface area contributed by atoms with E-state index in [1.165, 1.54) is 37.3 Å². The molecular weight excluding hydrogens is 712 g/mol. The minimum atomic E-state index is -2.44. The van der Waals surface area contributed by atoms with Gasteiger partial charge in [-0.05, 0) is 30.3 Å². The van der Waals surface area contributed by atoms with Gasteiger partial charge < -0.3 is 57.6 Å². The Morgan fingerprint density at radius 3 is 1.85 bits per heavy atom. The van der Waals surface area contributed by atoms with Crippen LogP contribution in [0.5, 0.6) is 5.75 Å². The lowest BCUT2D eigenvalue weighted by molar-refractivity contribution is -0.350. The lowest BCUT2D eigenvalue weighted by atomic mass is 9.83. The first kappa shape index (κ1) is 40.7. The number of aliphatic hydroxyl groups excluding tert-OH is 1. The molecule has 4 rings (SSSR count). The molecule has 2 fully saturated rings. The Balaban J connectivity index is 1.71. The summed E-state index contributed by atoms with van der Waals surface area (Å²) in [4.78, 5) is 84.9. The molecule has 0 unspecified atom stereocenters. The van der Waals surface area contributed by atoms with Crippen molar-refractivity contribution in [3.05, 3.63) is 42.2 Å². The van der Waals surface area contributed by atoms with E-state index < -0.39 is 122 Å². The zero-order valence-corrected chi connectivity index (χ0v) is 29.5. The zero-order chi connectivity index (χ0) is 39.2. The van der Waals surface area contributed by atoms with Crippen LogP contribution < -0.4 is 4.74 Å². The van der Waals surface area contributed by atoms with Gasteiger partial charge in [0.25, 0.3) is 0 Å². The second-order valence-electron chi connectivity index (χ2n) is 12.3. The van der Waals surface area contributed by atoms with Crippen LogP contribution in [0, 0.1) is 11.8 Å². The Labute approximate surface area is 302 Å². The fraction of sp³-hybridized carbons (Fsp3) is 0.559. The standard InChI is InChI=1S/C34H40O19/c1-15(35)45-13-24-27(48-18(4)38)28(49-19(5)39)29(50-20(6)40)33(51-24)53-32-25-23(11-12-44-32)26(30(41)34(25,43)14-46-16(2)36)52-31(42)21-7-9-22(10-8-21)47-17(3)37/h7-12,23-30,32-33,41,43H,13-14H2,1-6H3/t23-,24-,25-,26+,27-,28+,29-,30-,32+,33+,34-/m1/s1. The van der Waals surface area contributed by atoms with E-state index >= 15 is 0 Å². The molecule has 1 aromatic rings. The first-order valence-corrected chi connectivity index (χ1v) is 16.2. The van der Waals surface area contributed by atoms with E-state index in [1.807, 2.05) is 0 Å². The van der Waals surface area contributed by atoms with Gasteiger partial charge in [-0.3, -0.25) is 28.8 Å². The molecule has 1 saturated heterocycles. The molecule has 3 aliphatic rings. The molecular formula is C34H40O19. The van der Waals surface area contributed by atoms with Gasteiger partial charge in [0.1, 0.15) is 42.9 Å². The van der Waals surface area contributed by atoms with Gasteiger partial charge in [-0.2, -0.15) is 0 Å². The van der Waals surface area contributed by atoms with E-state index in [2.05, 4.69) is 0 Å². The molecule has 2 aliphatic heterocycles. The monoisotopic (exact) mass is 752 g/mol. The Bertz CT molecular complexity index is 1590. The summed E-state index contributed by atoms with van der Waals surface area (Å²) in [7, 11) is 0. The van der Waals surface area contributed by atoms with Crippen molar-refractivity contribution >= 4 is 41.8 Å². The normalized spacial score (nSPS) is 31.5. The van der Waals surface area contributed by atoms with Crippen LogP contribution in [0.25, 0.3) is 0 Å². The van der Waals surface area contributed by atoms with Gasteiger partial charge in [0.15, 0.2) is 18.3 Å². The highest BCUT2D eigenvalue weighted by Crippen LogP contribution is 2.49. The number of hydrogen-bond acceptors (Lipinski definition) is 19. The van der Waals surface area contributed by atoms with Crippen LogP contribution in [0.3, 0.4) is 0 Å². The van der Waals surface area contributed by atoms with Crippen LogP contribution in [-0.2, 0) is 71.4 Å². The van der Waals surface area contributed by atoms with Crippen molar-refractivity contribution in [3.8, 4) is 5.75 Å². The number of hydrogen-bond donors (Lipinski definition) is 2. The van der Waals surface area contributed by atoms with Crippen molar-refractivity contribution in [3.63, 3.8) is 0 Å². The van der Waals surface area contributed by atoms with Crippen molar-refractivity contribution in [2.45, 2.75) is 96.3 Å².